The van der Waals surface area contributed by atoms with Gasteiger partial charge >= 0.3 is 0 Å². The lowest BCUT2D eigenvalue weighted by molar-refractivity contribution is 1.29. The van der Waals surface area contributed by atoms with Crippen LogP contribution in [0.3, 0.4) is 0 Å². The minimum atomic E-state index is 0.849. The highest BCUT2D eigenvalue weighted by atomic mass is 15.2. The Morgan fingerprint density at radius 3 is 0.974 bits per heavy atom. The van der Waals surface area contributed by atoms with E-state index < -0.39 is 0 Å². The number of para-hydroxylation sites is 3. The Morgan fingerprint density at radius 1 is 0.224 bits per heavy atom. The number of hydrogen-bond acceptors (Lipinski definition) is 3. The fourth-order valence-electron chi connectivity index (χ4n) is 12.2. The van der Waals surface area contributed by atoms with Gasteiger partial charge in [-0.1, -0.05) is 176 Å². The molecule has 0 bridgehead atoms. The highest BCUT2D eigenvalue weighted by Crippen LogP contribution is 2.50. The van der Waals surface area contributed by atoms with Crippen LogP contribution in [0.15, 0.2) is 279 Å². The van der Waals surface area contributed by atoms with Crippen LogP contribution < -0.4 is 14.7 Å². The molecule has 3 nitrogen and oxygen atoms in total. The van der Waals surface area contributed by atoms with Crippen molar-refractivity contribution < 1.29 is 0 Å². The van der Waals surface area contributed by atoms with E-state index in [9.17, 15) is 0 Å². The molecule has 0 atom stereocenters. The van der Waals surface area contributed by atoms with Gasteiger partial charge < -0.3 is 14.7 Å². The minimum Gasteiger partial charge on any atom is -0.310 e. The van der Waals surface area contributed by atoms with Crippen molar-refractivity contribution in [3.05, 3.63) is 290 Å². The van der Waals surface area contributed by atoms with Gasteiger partial charge in [0.1, 0.15) is 0 Å². The molecule has 356 valence electrons. The normalized spacial score (nSPS) is 12.1. The van der Waals surface area contributed by atoms with E-state index in [0.29, 0.717) is 0 Å². The molecule has 1 aliphatic rings. The van der Waals surface area contributed by atoms with E-state index in [4.69, 9.17) is 0 Å². The molecule has 15 rings (SSSR count). The average Bonchev–Trinajstić information content (AvgIpc) is 4.11. The quantitative estimate of drug-likeness (QED) is 0.133. The summed E-state index contributed by atoms with van der Waals surface area (Å²) in [6.45, 7) is 0. The first-order chi connectivity index (χ1) is 37.7. The molecule has 0 spiro atoms. The molecule has 0 aromatic heterocycles. The van der Waals surface area contributed by atoms with Gasteiger partial charge in [0.05, 0.1) is 0 Å². The molecule has 14 aromatic carbocycles. The second-order valence-corrected chi connectivity index (χ2v) is 20.0. The number of nitrogens with zero attached hydrogens (tertiary/aromatic N) is 3. The molecule has 0 N–H and O–H groups in total. The molecule has 0 amide bonds. The Kier molecular flexibility index (Phi) is 10.3. The van der Waals surface area contributed by atoms with Crippen molar-refractivity contribution in [1.82, 2.24) is 0 Å². The second kappa shape index (κ2) is 17.9. The Labute approximate surface area is 441 Å². The maximum absolute atomic E-state index is 2.48. The predicted octanol–water partition coefficient (Wildman–Crippen LogP) is 20.7. The van der Waals surface area contributed by atoms with Crippen molar-refractivity contribution in [2.24, 2.45) is 0 Å². The Balaban J connectivity index is 1.05. The SMILES string of the molecule is C1=Cc2c(c3c4cc(N(c5ccccc5)c5ccc6ccccc6c5)ccc4c4ccc(N(c5ccccc5)c5ccccc5)cc4c3c3cc(N(c4ccc5ccccc5c4)c4ccc5ccccc5c4)ccc23)C1. The first-order valence-corrected chi connectivity index (χ1v) is 26.3. The van der Waals surface area contributed by atoms with E-state index in [1.807, 2.05) is 0 Å². The number of hydrogen-bond donors (Lipinski definition) is 0. The average molecular weight is 968 g/mol. The van der Waals surface area contributed by atoms with Crippen LogP contribution in [0.5, 0.6) is 0 Å². The third kappa shape index (κ3) is 7.27. The van der Waals surface area contributed by atoms with Gasteiger partial charge in [-0.3, -0.25) is 0 Å². The van der Waals surface area contributed by atoms with Gasteiger partial charge in [-0.25, -0.2) is 0 Å². The summed E-state index contributed by atoms with van der Waals surface area (Å²) < 4.78 is 0. The Morgan fingerprint density at radius 2 is 0.539 bits per heavy atom. The zero-order chi connectivity index (χ0) is 50.1. The predicted molar refractivity (Wildman–Crippen MR) is 326 cm³/mol. The molecule has 0 fully saturated rings. The summed E-state index contributed by atoms with van der Waals surface area (Å²) in [6, 6.07) is 100. The summed E-state index contributed by atoms with van der Waals surface area (Å²) in [4.78, 5) is 7.27. The summed E-state index contributed by atoms with van der Waals surface area (Å²) >= 11 is 0. The fourth-order valence-corrected chi connectivity index (χ4v) is 12.2. The highest BCUT2D eigenvalue weighted by molar-refractivity contribution is 6.34. The van der Waals surface area contributed by atoms with Gasteiger partial charge in [-0.15, -0.1) is 0 Å². The monoisotopic (exact) mass is 967 g/mol. The van der Waals surface area contributed by atoms with Crippen molar-refractivity contribution in [2.75, 3.05) is 14.7 Å². The second-order valence-electron chi connectivity index (χ2n) is 20.0. The molecular formula is C73H49N3. The summed E-state index contributed by atoms with van der Waals surface area (Å²) in [5, 5.41) is 17.2. The number of rotatable bonds is 9. The summed E-state index contributed by atoms with van der Waals surface area (Å²) in [7, 11) is 0. The van der Waals surface area contributed by atoms with Crippen LogP contribution in [0, 0.1) is 0 Å². The van der Waals surface area contributed by atoms with Crippen molar-refractivity contribution in [1.29, 1.82) is 0 Å². The van der Waals surface area contributed by atoms with E-state index in [-0.39, 0.29) is 0 Å². The van der Waals surface area contributed by atoms with Crippen LogP contribution in [0.2, 0.25) is 0 Å². The molecule has 76 heavy (non-hydrogen) atoms. The van der Waals surface area contributed by atoms with Crippen molar-refractivity contribution in [3.8, 4) is 0 Å². The number of allylic oxidation sites excluding steroid dienone is 1. The molecule has 0 radical (unpaired) electrons. The fraction of sp³-hybridized carbons (Fsp3) is 0.0137. The van der Waals surface area contributed by atoms with Crippen LogP contribution in [0.25, 0.3) is 81.5 Å². The molecule has 0 unspecified atom stereocenters. The first-order valence-electron chi connectivity index (χ1n) is 26.3. The maximum Gasteiger partial charge on any atom is 0.0468 e. The number of benzene rings is 14. The minimum absolute atomic E-state index is 0.849. The molecule has 0 heterocycles. The zero-order valence-corrected chi connectivity index (χ0v) is 41.7. The van der Waals surface area contributed by atoms with Gasteiger partial charge in [0.15, 0.2) is 0 Å². The van der Waals surface area contributed by atoms with Crippen molar-refractivity contribution in [3.63, 3.8) is 0 Å². The van der Waals surface area contributed by atoms with E-state index >= 15 is 0 Å². The lowest BCUT2D eigenvalue weighted by Crippen LogP contribution is -2.10. The molecular weight excluding hydrogens is 919 g/mol. The topological polar surface area (TPSA) is 9.72 Å². The third-order valence-electron chi connectivity index (χ3n) is 15.7. The van der Waals surface area contributed by atoms with E-state index in [2.05, 4.69) is 300 Å². The Hall–Kier alpha value is -9.96. The number of fused-ring (bicyclic) bond motifs is 14. The third-order valence-corrected chi connectivity index (χ3v) is 15.7. The molecule has 14 aromatic rings. The molecule has 0 aliphatic heterocycles. The van der Waals surface area contributed by atoms with Crippen LogP contribution in [0.1, 0.15) is 11.1 Å². The van der Waals surface area contributed by atoms with Gasteiger partial charge in [0.25, 0.3) is 0 Å². The highest BCUT2D eigenvalue weighted by Gasteiger charge is 2.25. The lowest BCUT2D eigenvalue weighted by Gasteiger charge is -2.28. The Bertz CT molecular complexity index is 4500. The van der Waals surface area contributed by atoms with Crippen molar-refractivity contribution >= 4 is 133 Å². The van der Waals surface area contributed by atoms with Gasteiger partial charge in [0.2, 0.25) is 0 Å². The summed E-state index contributed by atoms with van der Waals surface area (Å²) in [5.41, 5.74) is 12.6. The van der Waals surface area contributed by atoms with Crippen LogP contribution in [-0.4, -0.2) is 0 Å². The van der Waals surface area contributed by atoms with Gasteiger partial charge in [0, 0.05) is 51.2 Å². The molecule has 3 heteroatoms. The molecule has 1 aliphatic carbocycles. The van der Waals surface area contributed by atoms with E-state index in [1.54, 1.807) is 0 Å². The smallest absolute Gasteiger partial charge is 0.0468 e. The number of anilines is 9. The van der Waals surface area contributed by atoms with Gasteiger partial charge in [-0.05, 0) is 202 Å². The van der Waals surface area contributed by atoms with E-state index in [0.717, 1.165) is 57.6 Å². The zero-order valence-electron chi connectivity index (χ0n) is 41.7. The molecule has 0 saturated carbocycles. The maximum atomic E-state index is 2.48. The van der Waals surface area contributed by atoms with Gasteiger partial charge in [-0.2, -0.15) is 0 Å². The van der Waals surface area contributed by atoms with Crippen LogP contribution in [0.4, 0.5) is 51.2 Å². The van der Waals surface area contributed by atoms with Crippen LogP contribution in [-0.2, 0) is 6.42 Å². The summed E-state index contributed by atoms with van der Waals surface area (Å²) in [5.74, 6) is 0. The van der Waals surface area contributed by atoms with Crippen molar-refractivity contribution in [2.45, 2.75) is 6.42 Å². The molecule has 0 saturated heterocycles. The first kappa shape index (κ1) is 43.6. The largest absolute Gasteiger partial charge is 0.310 e. The summed E-state index contributed by atoms with van der Waals surface area (Å²) in [6.07, 6.45) is 5.58. The lowest BCUT2D eigenvalue weighted by atomic mass is 9.85. The van der Waals surface area contributed by atoms with Crippen LogP contribution >= 0.6 is 0 Å². The standard InChI is InChI=1S/C73H49N3/c1-4-23-55(24-5-1)74(56-25-6-2-7-26-56)61-37-41-67-66-42-38-62(75(57-27-8-3-9-28-57)58-34-31-49-17-10-13-20-52(49)43-58)47-69(66)72-68-30-16-29-64(68)65-40-39-63(48-70(65)73(72)71(67)46-61)76(59-35-32-50-18-11-14-21-53(50)44-59)60-36-33-51-19-12-15-22-54(51)45-60/h1-29,31-48H,30H2. The van der Waals surface area contributed by atoms with E-state index in [1.165, 1.54) is 86.5 Å².